The molecule has 1 atom stereocenters. The van der Waals surface area contributed by atoms with Gasteiger partial charge < -0.3 is 19.3 Å². The van der Waals surface area contributed by atoms with Gasteiger partial charge in [0.05, 0.1) is 32.9 Å². The Morgan fingerprint density at radius 1 is 0.824 bits per heavy atom. The number of carbonyl (C=O) groups excluding carboxylic acids is 2. The first-order chi connectivity index (χ1) is 16.4. The molecule has 3 aromatic rings. The Morgan fingerprint density at radius 3 is 2.00 bits per heavy atom. The van der Waals surface area contributed by atoms with Gasteiger partial charge in [-0.05, 0) is 48.4 Å². The van der Waals surface area contributed by atoms with Gasteiger partial charge in [-0.2, -0.15) is 0 Å². The van der Waals surface area contributed by atoms with E-state index in [4.69, 9.17) is 14.2 Å². The molecule has 0 saturated carbocycles. The molecular formula is C27H25NO6. The van der Waals surface area contributed by atoms with Crippen LogP contribution >= 0.6 is 0 Å². The number of nitrogens with zero attached hydrogens (tertiary/aromatic N) is 1. The van der Waals surface area contributed by atoms with E-state index in [1.54, 1.807) is 61.7 Å². The molecule has 0 aromatic heterocycles. The average molecular weight is 459 g/mol. The number of hydrogen-bond donors (Lipinski definition) is 1. The third-order valence-corrected chi connectivity index (χ3v) is 5.92. The molecule has 1 aliphatic heterocycles. The minimum Gasteiger partial charge on any atom is -0.506 e. The van der Waals surface area contributed by atoms with Crippen LogP contribution in [0.2, 0.25) is 0 Å². The molecule has 0 bridgehead atoms. The number of ether oxygens (including phenoxy) is 3. The average Bonchev–Trinajstić information content (AvgIpc) is 3.13. The first-order valence-electron chi connectivity index (χ1n) is 10.6. The summed E-state index contributed by atoms with van der Waals surface area (Å²) in [5, 5.41) is 11.5. The number of rotatable bonds is 6. The second-order valence-electron chi connectivity index (χ2n) is 7.77. The zero-order chi connectivity index (χ0) is 24.4. The van der Waals surface area contributed by atoms with Crippen molar-refractivity contribution >= 4 is 23.1 Å². The lowest BCUT2D eigenvalue weighted by molar-refractivity contribution is -0.132. The molecule has 1 amide bonds. The summed E-state index contributed by atoms with van der Waals surface area (Å²) in [4.78, 5) is 28.2. The van der Waals surface area contributed by atoms with Gasteiger partial charge in [0.25, 0.3) is 11.7 Å². The van der Waals surface area contributed by atoms with Crippen molar-refractivity contribution in [2.75, 3.05) is 26.2 Å². The van der Waals surface area contributed by atoms with Crippen LogP contribution in [0, 0.1) is 6.92 Å². The van der Waals surface area contributed by atoms with Crippen LogP contribution in [0.15, 0.2) is 72.3 Å². The molecule has 0 radical (unpaired) electrons. The molecule has 1 aliphatic rings. The molecule has 0 aliphatic carbocycles. The summed E-state index contributed by atoms with van der Waals surface area (Å²) in [7, 11) is 4.47. The molecule has 1 unspecified atom stereocenters. The van der Waals surface area contributed by atoms with Crippen molar-refractivity contribution in [2.45, 2.75) is 13.0 Å². The monoisotopic (exact) mass is 459 g/mol. The Hall–Kier alpha value is -4.26. The van der Waals surface area contributed by atoms with E-state index in [-0.39, 0.29) is 16.9 Å². The van der Waals surface area contributed by atoms with Crippen LogP contribution in [0.4, 0.5) is 5.69 Å². The van der Waals surface area contributed by atoms with Crippen LogP contribution in [0.25, 0.3) is 5.76 Å². The SMILES string of the molecule is COc1ccc(C2/C(=C(\O)c3c(OC)cccc3OC)C(=O)C(=O)N2c2ccccc2C)cc1. The second kappa shape index (κ2) is 9.31. The number of Topliss-reactive ketones (excluding diaryl/α,β-unsaturated/α-hetero) is 1. The van der Waals surface area contributed by atoms with Crippen LogP contribution in [0.5, 0.6) is 17.2 Å². The fourth-order valence-electron chi connectivity index (χ4n) is 4.24. The minimum absolute atomic E-state index is 0.0544. The molecule has 0 spiro atoms. The van der Waals surface area contributed by atoms with Gasteiger partial charge in [0.2, 0.25) is 0 Å². The highest BCUT2D eigenvalue weighted by Crippen LogP contribution is 2.45. The lowest BCUT2D eigenvalue weighted by Gasteiger charge is -2.27. The van der Waals surface area contributed by atoms with E-state index in [1.807, 2.05) is 19.1 Å². The predicted molar refractivity (Wildman–Crippen MR) is 129 cm³/mol. The number of para-hydroxylation sites is 1. The van der Waals surface area contributed by atoms with Gasteiger partial charge in [0, 0.05) is 5.69 Å². The molecule has 3 aromatic carbocycles. The maximum atomic E-state index is 13.4. The second-order valence-corrected chi connectivity index (χ2v) is 7.77. The zero-order valence-electron chi connectivity index (χ0n) is 19.4. The van der Waals surface area contributed by atoms with E-state index in [0.29, 0.717) is 28.5 Å². The smallest absolute Gasteiger partial charge is 0.300 e. The fourth-order valence-corrected chi connectivity index (χ4v) is 4.24. The van der Waals surface area contributed by atoms with Crippen LogP contribution in [-0.2, 0) is 9.59 Å². The molecule has 7 nitrogen and oxygen atoms in total. The van der Waals surface area contributed by atoms with Crippen molar-refractivity contribution in [3.8, 4) is 17.2 Å². The number of methoxy groups -OCH3 is 3. The molecule has 1 N–H and O–H groups in total. The predicted octanol–water partition coefficient (Wildman–Crippen LogP) is 4.65. The lowest BCUT2D eigenvalue weighted by Crippen LogP contribution is -2.30. The van der Waals surface area contributed by atoms with Crippen LogP contribution in [0.1, 0.15) is 22.7 Å². The summed E-state index contributed by atoms with van der Waals surface area (Å²) in [6.07, 6.45) is 0. The zero-order valence-corrected chi connectivity index (χ0v) is 19.4. The summed E-state index contributed by atoms with van der Waals surface area (Å²) in [5.41, 5.74) is 2.18. The number of hydrogen-bond acceptors (Lipinski definition) is 6. The number of ketones is 1. The summed E-state index contributed by atoms with van der Waals surface area (Å²) in [6, 6.07) is 18.5. The molecular weight excluding hydrogens is 434 g/mol. The van der Waals surface area contributed by atoms with Gasteiger partial charge in [-0.3, -0.25) is 14.5 Å². The normalized spacial score (nSPS) is 17.1. The standard InChI is InChI=1S/C27H25NO6/c1-16-8-5-6-9-19(16)28-24(17-12-14-18(32-2)15-13-17)23(26(30)27(28)31)25(29)22-20(33-3)10-7-11-21(22)34-4/h5-15,24,29H,1-4H3/b25-23+. The lowest BCUT2D eigenvalue weighted by atomic mass is 9.94. The molecule has 4 rings (SSSR count). The van der Waals surface area contributed by atoms with Gasteiger partial charge in [0.15, 0.2) is 0 Å². The van der Waals surface area contributed by atoms with Gasteiger partial charge in [-0.1, -0.05) is 36.4 Å². The quantitative estimate of drug-likeness (QED) is 0.328. The van der Waals surface area contributed by atoms with E-state index >= 15 is 0 Å². The van der Waals surface area contributed by atoms with Crippen LogP contribution in [0.3, 0.4) is 0 Å². The topological polar surface area (TPSA) is 85.3 Å². The van der Waals surface area contributed by atoms with Crippen molar-refractivity contribution in [3.63, 3.8) is 0 Å². The van der Waals surface area contributed by atoms with Crippen molar-refractivity contribution in [2.24, 2.45) is 0 Å². The highest BCUT2D eigenvalue weighted by atomic mass is 16.5. The summed E-state index contributed by atoms with van der Waals surface area (Å²) >= 11 is 0. The number of aliphatic hydroxyl groups is 1. The number of carbonyl (C=O) groups is 2. The van der Waals surface area contributed by atoms with Gasteiger partial charge >= 0.3 is 0 Å². The van der Waals surface area contributed by atoms with Crippen molar-refractivity contribution < 1.29 is 28.9 Å². The fraction of sp³-hybridized carbons (Fsp3) is 0.185. The van der Waals surface area contributed by atoms with E-state index in [9.17, 15) is 14.7 Å². The number of anilines is 1. The summed E-state index contributed by atoms with van der Waals surface area (Å²) < 4.78 is 16.1. The van der Waals surface area contributed by atoms with Crippen molar-refractivity contribution in [1.82, 2.24) is 0 Å². The third kappa shape index (κ3) is 3.75. The van der Waals surface area contributed by atoms with Crippen LogP contribution in [-0.4, -0.2) is 38.1 Å². The molecule has 7 heteroatoms. The number of benzene rings is 3. The molecule has 1 fully saturated rings. The van der Waals surface area contributed by atoms with Crippen LogP contribution < -0.4 is 19.1 Å². The minimum atomic E-state index is -0.873. The van der Waals surface area contributed by atoms with Gasteiger partial charge in [-0.15, -0.1) is 0 Å². The van der Waals surface area contributed by atoms with E-state index in [0.717, 1.165) is 5.56 Å². The van der Waals surface area contributed by atoms with E-state index in [1.165, 1.54) is 19.1 Å². The molecule has 174 valence electrons. The Bertz CT molecular complexity index is 1260. The molecule has 1 saturated heterocycles. The van der Waals surface area contributed by atoms with Crippen molar-refractivity contribution in [1.29, 1.82) is 0 Å². The summed E-state index contributed by atoms with van der Waals surface area (Å²) in [6.45, 7) is 1.86. The maximum Gasteiger partial charge on any atom is 0.300 e. The van der Waals surface area contributed by atoms with E-state index < -0.39 is 17.7 Å². The number of aliphatic hydroxyl groups excluding tert-OH is 1. The summed E-state index contributed by atoms with van der Waals surface area (Å²) in [5.74, 6) is -0.646. The Morgan fingerprint density at radius 2 is 1.44 bits per heavy atom. The van der Waals surface area contributed by atoms with E-state index in [2.05, 4.69) is 0 Å². The highest BCUT2D eigenvalue weighted by molar-refractivity contribution is 6.51. The number of amides is 1. The van der Waals surface area contributed by atoms with Gasteiger partial charge in [-0.25, -0.2) is 0 Å². The molecule has 34 heavy (non-hydrogen) atoms. The largest absolute Gasteiger partial charge is 0.506 e. The first kappa shape index (κ1) is 22.9. The Balaban J connectivity index is 2.02. The van der Waals surface area contributed by atoms with Gasteiger partial charge in [0.1, 0.15) is 28.6 Å². The number of aryl methyl sites for hydroxylation is 1. The first-order valence-corrected chi connectivity index (χ1v) is 10.6. The molecule has 1 heterocycles. The van der Waals surface area contributed by atoms with Crippen molar-refractivity contribution in [3.05, 3.63) is 89.0 Å². The third-order valence-electron chi connectivity index (χ3n) is 5.92. The highest BCUT2D eigenvalue weighted by Gasteiger charge is 2.47. The Labute approximate surface area is 197 Å². The Kier molecular flexibility index (Phi) is 6.27. The maximum absolute atomic E-state index is 13.4.